The fourth-order valence-electron chi connectivity index (χ4n) is 3.47. The van der Waals surface area contributed by atoms with Crippen LogP contribution in [0, 0.1) is 0 Å². The summed E-state index contributed by atoms with van der Waals surface area (Å²) in [5, 5.41) is 11.6. The summed E-state index contributed by atoms with van der Waals surface area (Å²) < 4.78 is 7.64. The van der Waals surface area contributed by atoms with Gasteiger partial charge in [-0.3, -0.25) is 14.6 Å². The van der Waals surface area contributed by atoms with Crippen molar-refractivity contribution in [3.05, 3.63) is 34.9 Å². The number of aromatic nitrogens is 4. The summed E-state index contributed by atoms with van der Waals surface area (Å²) in [6.45, 7) is 4.60. The molecule has 3 heterocycles. The third kappa shape index (κ3) is 2.62. The minimum absolute atomic E-state index is 0.0116. The number of rotatable bonds is 4. The molecule has 2 aliphatic rings. The monoisotopic (exact) mass is 329 g/mol. The molecule has 2 atom stereocenters. The van der Waals surface area contributed by atoms with Gasteiger partial charge in [0, 0.05) is 31.3 Å². The van der Waals surface area contributed by atoms with E-state index < -0.39 is 0 Å². The molecule has 7 nitrogen and oxygen atoms in total. The van der Waals surface area contributed by atoms with E-state index in [9.17, 15) is 4.79 Å². The standard InChI is InChI=1S/C17H23N5O2/c1-10-8-14-15(11(2)24-10)19-20-16(14)17(23)22(12-4-5-12)9-13-6-7-18-21(13)3/h6-7,10-12H,4-5,8-9H2,1-3H3,(H,19,20)/t10-,11+/m1/s1. The zero-order chi connectivity index (χ0) is 16.8. The van der Waals surface area contributed by atoms with Crippen molar-refractivity contribution in [3.8, 4) is 0 Å². The fourth-order valence-corrected chi connectivity index (χ4v) is 3.47. The number of carbonyl (C=O) groups excluding carboxylic acids is 1. The number of H-pyrrole nitrogens is 1. The van der Waals surface area contributed by atoms with E-state index in [0.717, 1.165) is 36.2 Å². The summed E-state index contributed by atoms with van der Waals surface area (Å²) in [4.78, 5) is 15.1. The van der Waals surface area contributed by atoms with Crippen LogP contribution < -0.4 is 0 Å². The Bertz CT molecular complexity index is 761. The Morgan fingerprint density at radius 1 is 1.46 bits per heavy atom. The number of nitrogens with zero attached hydrogens (tertiary/aromatic N) is 4. The van der Waals surface area contributed by atoms with Crippen LogP contribution in [0.1, 0.15) is 60.2 Å². The number of aromatic amines is 1. The molecule has 0 spiro atoms. The first-order valence-corrected chi connectivity index (χ1v) is 8.55. The van der Waals surface area contributed by atoms with Gasteiger partial charge in [-0.05, 0) is 32.8 Å². The molecule has 0 radical (unpaired) electrons. The molecule has 0 bridgehead atoms. The average molecular weight is 329 g/mol. The van der Waals surface area contributed by atoms with Gasteiger partial charge in [0.2, 0.25) is 0 Å². The highest BCUT2D eigenvalue weighted by Crippen LogP contribution is 2.33. The Hall–Kier alpha value is -2.15. The Morgan fingerprint density at radius 3 is 2.92 bits per heavy atom. The van der Waals surface area contributed by atoms with Crippen LogP contribution in [-0.4, -0.2) is 42.9 Å². The number of aryl methyl sites for hydroxylation is 1. The highest BCUT2D eigenvalue weighted by Gasteiger charge is 2.37. The van der Waals surface area contributed by atoms with Crippen LogP contribution in [-0.2, 0) is 24.8 Å². The summed E-state index contributed by atoms with van der Waals surface area (Å²) in [6, 6.07) is 2.27. The molecular formula is C17H23N5O2. The second-order valence-electron chi connectivity index (χ2n) is 6.87. The van der Waals surface area contributed by atoms with E-state index in [-0.39, 0.29) is 18.1 Å². The molecule has 0 aromatic carbocycles. The molecule has 2 aromatic rings. The maximum Gasteiger partial charge on any atom is 0.275 e. The lowest BCUT2D eigenvalue weighted by atomic mass is 9.99. The smallest absolute Gasteiger partial charge is 0.275 e. The van der Waals surface area contributed by atoms with Gasteiger partial charge in [0.15, 0.2) is 5.69 Å². The third-order valence-corrected chi connectivity index (χ3v) is 4.94. The van der Waals surface area contributed by atoms with Gasteiger partial charge in [0.1, 0.15) is 0 Å². The van der Waals surface area contributed by atoms with Crippen molar-refractivity contribution >= 4 is 5.91 Å². The number of carbonyl (C=O) groups is 1. The van der Waals surface area contributed by atoms with Gasteiger partial charge < -0.3 is 9.64 Å². The van der Waals surface area contributed by atoms with Crippen molar-refractivity contribution in [2.24, 2.45) is 7.05 Å². The highest BCUT2D eigenvalue weighted by atomic mass is 16.5. The molecule has 1 saturated carbocycles. The summed E-state index contributed by atoms with van der Waals surface area (Å²) in [5.74, 6) is 0.0116. The number of nitrogens with one attached hydrogen (secondary N) is 1. The Labute approximate surface area is 141 Å². The number of hydrogen-bond donors (Lipinski definition) is 1. The molecule has 4 rings (SSSR count). The van der Waals surface area contributed by atoms with Crippen molar-refractivity contribution in [2.75, 3.05) is 0 Å². The molecule has 1 aliphatic heterocycles. The molecule has 128 valence electrons. The van der Waals surface area contributed by atoms with E-state index in [1.807, 2.05) is 36.5 Å². The van der Waals surface area contributed by atoms with E-state index in [1.165, 1.54) is 0 Å². The minimum atomic E-state index is -0.0516. The molecule has 1 amide bonds. The Kier molecular flexibility index (Phi) is 3.68. The Balaban J connectivity index is 1.63. The van der Waals surface area contributed by atoms with E-state index in [1.54, 1.807) is 6.20 Å². The lowest BCUT2D eigenvalue weighted by Crippen LogP contribution is -2.35. The highest BCUT2D eigenvalue weighted by molar-refractivity contribution is 5.94. The first-order chi connectivity index (χ1) is 11.5. The van der Waals surface area contributed by atoms with Crippen molar-refractivity contribution in [1.82, 2.24) is 24.9 Å². The molecule has 7 heteroatoms. The fraction of sp³-hybridized carbons (Fsp3) is 0.588. The average Bonchev–Trinajstić information content (AvgIpc) is 3.16. The summed E-state index contributed by atoms with van der Waals surface area (Å²) in [6.07, 6.45) is 4.66. The number of fused-ring (bicyclic) bond motifs is 1. The number of ether oxygens (including phenoxy) is 1. The maximum absolute atomic E-state index is 13.2. The van der Waals surface area contributed by atoms with Gasteiger partial charge in [-0.2, -0.15) is 10.2 Å². The predicted octanol–water partition coefficient (Wildman–Crippen LogP) is 1.97. The minimum Gasteiger partial charge on any atom is -0.369 e. The third-order valence-electron chi connectivity index (χ3n) is 4.94. The molecule has 0 unspecified atom stereocenters. The quantitative estimate of drug-likeness (QED) is 0.930. The van der Waals surface area contributed by atoms with E-state index >= 15 is 0 Å². The van der Waals surface area contributed by atoms with E-state index in [0.29, 0.717) is 18.3 Å². The molecule has 2 aromatic heterocycles. The van der Waals surface area contributed by atoms with Gasteiger partial charge in [-0.1, -0.05) is 0 Å². The van der Waals surface area contributed by atoms with Gasteiger partial charge in [0.25, 0.3) is 5.91 Å². The summed E-state index contributed by atoms with van der Waals surface area (Å²) in [5.41, 5.74) is 3.54. The van der Waals surface area contributed by atoms with Crippen LogP contribution >= 0.6 is 0 Å². The van der Waals surface area contributed by atoms with Crippen LogP contribution in [0.5, 0.6) is 0 Å². The van der Waals surface area contributed by atoms with Crippen molar-refractivity contribution < 1.29 is 9.53 Å². The zero-order valence-corrected chi connectivity index (χ0v) is 14.3. The molecular weight excluding hydrogens is 306 g/mol. The molecule has 24 heavy (non-hydrogen) atoms. The summed E-state index contributed by atoms with van der Waals surface area (Å²) in [7, 11) is 1.90. The number of amides is 1. The lowest BCUT2D eigenvalue weighted by Gasteiger charge is -2.26. The van der Waals surface area contributed by atoms with Crippen LogP contribution in [0.25, 0.3) is 0 Å². The van der Waals surface area contributed by atoms with Gasteiger partial charge in [0.05, 0.1) is 30.1 Å². The maximum atomic E-state index is 13.2. The van der Waals surface area contributed by atoms with Crippen LogP contribution in [0.4, 0.5) is 0 Å². The van der Waals surface area contributed by atoms with Gasteiger partial charge in [-0.15, -0.1) is 0 Å². The Morgan fingerprint density at radius 2 is 2.25 bits per heavy atom. The molecule has 1 aliphatic carbocycles. The van der Waals surface area contributed by atoms with Crippen LogP contribution in [0.2, 0.25) is 0 Å². The first kappa shape index (κ1) is 15.4. The van der Waals surface area contributed by atoms with Crippen LogP contribution in [0.15, 0.2) is 12.3 Å². The van der Waals surface area contributed by atoms with E-state index in [2.05, 4.69) is 15.3 Å². The number of hydrogen-bond acceptors (Lipinski definition) is 4. The lowest BCUT2D eigenvalue weighted by molar-refractivity contribution is -0.00702. The summed E-state index contributed by atoms with van der Waals surface area (Å²) >= 11 is 0. The normalized spacial score (nSPS) is 23.1. The SMILES string of the molecule is C[C@@H]1Cc2c(C(=O)N(Cc3ccnn3C)C3CC3)n[nH]c2[C@H](C)O1. The predicted molar refractivity (Wildman–Crippen MR) is 87.4 cm³/mol. The first-order valence-electron chi connectivity index (χ1n) is 8.55. The van der Waals surface area contributed by atoms with Gasteiger partial charge >= 0.3 is 0 Å². The van der Waals surface area contributed by atoms with Crippen LogP contribution in [0.3, 0.4) is 0 Å². The van der Waals surface area contributed by atoms with Crippen molar-refractivity contribution in [2.45, 2.75) is 57.9 Å². The largest absolute Gasteiger partial charge is 0.369 e. The second kappa shape index (κ2) is 5.73. The van der Waals surface area contributed by atoms with Crippen molar-refractivity contribution in [1.29, 1.82) is 0 Å². The van der Waals surface area contributed by atoms with Gasteiger partial charge in [-0.25, -0.2) is 0 Å². The zero-order valence-electron chi connectivity index (χ0n) is 14.3. The molecule has 0 saturated heterocycles. The topological polar surface area (TPSA) is 76.0 Å². The second-order valence-corrected chi connectivity index (χ2v) is 6.87. The van der Waals surface area contributed by atoms with E-state index in [4.69, 9.17) is 4.74 Å². The molecule has 1 fully saturated rings. The molecule has 1 N–H and O–H groups in total. The van der Waals surface area contributed by atoms with Crippen molar-refractivity contribution in [3.63, 3.8) is 0 Å².